The standard InChI is InChI=1S/C14H20BrFN2/c1-11(10-18-7-2-3-8-18)17-9-12-5-4-6-13(15)14(12)16/h4-6,11,17H,2-3,7-10H2,1H3. The van der Waals surface area contributed by atoms with Gasteiger partial charge in [-0.15, -0.1) is 0 Å². The number of hydrogen-bond donors (Lipinski definition) is 1. The second-order valence-electron chi connectivity index (χ2n) is 5.00. The van der Waals surface area contributed by atoms with E-state index >= 15 is 0 Å². The lowest BCUT2D eigenvalue weighted by atomic mass is 10.2. The molecule has 1 aliphatic heterocycles. The highest BCUT2D eigenvalue weighted by Crippen LogP contribution is 2.18. The van der Waals surface area contributed by atoms with E-state index in [2.05, 4.69) is 33.1 Å². The van der Waals surface area contributed by atoms with Gasteiger partial charge in [-0.2, -0.15) is 0 Å². The van der Waals surface area contributed by atoms with E-state index in [4.69, 9.17) is 0 Å². The zero-order valence-corrected chi connectivity index (χ0v) is 12.3. The van der Waals surface area contributed by atoms with Gasteiger partial charge in [0.15, 0.2) is 0 Å². The minimum atomic E-state index is -0.154. The monoisotopic (exact) mass is 314 g/mol. The fourth-order valence-corrected chi connectivity index (χ4v) is 2.79. The van der Waals surface area contributed by atoms with E-state index < -0.39 is 0 Å². The maximum Gasteiger partial charge on any atom is 0.141 e. The summed E-state index contributed by atoms with van der Waals surface area (Å²) >= 11 is 3.21. The summed E-state index contributed by atoms with van der Waals surface area (Å²) < 4.78 is 14.3. The van der Waals surface area contributed by atoms with Crippen LogP contribution in [-0.2, 0) is 6.54 Å². The van der Waals surface area contributed by atoms with Crippen LogP contribution in [0.1, 0.15) is 25.3 Å². The van der Waals surface area contributed by atoms with Crippen molar-refractivity contribution < 1.29 is 4.39 Å². The fourth-order valence-electron chi connectivity index (χ4n) is 2.39. The van der Waals surface area contributed by atoms with Crippen LogP contribution in [0.3, 0.4) is 0 Å². The SMILES string of the molecule is CC(CN1CCCC1)NCc1cccc(Br)c1F. The molecule has 1 aromatic carbocycles. The van der Waals surface area contributed by atoms with Gasteiger partial charge in [0.1, 0.15) is 5.82 Å². The third kappa shape index (κ3) is 3.77. The molecule has 1 aliphatic rings. The zero-order valence-electron chi connectivity index (χ0n) is 10.8. The van der Waals surface area contributed by atoms with Crippen molar-refractivity contribution in [3.63, 3.8) is 0 Å². The van der Waals surface area contributed by atoms with Gasteiger partial charge in [-0.25, -0.2) is 4.39 Å². The van der Waals surface area contributed by atoms with Gasteiger partial charge in [0.2, 0.25) is 0 Å². The number of likely N-dealkylation sites (tertiary alicyclic amines) is 1. The van der Waals surface area contributed by atoms with Crippen LogP contribution >= 0.6 is 15.9 Å². The van der Waals surface area contributed by atoms with Crippen molar-refractivity contribution in [2.45, 2.75) is 32.4 Å². The smallest absolute Gasteiger partial charge is 0.141 e. The van der Waals surface area contributed by atoms with Crippen LogP contribution in [0.2, 0.25) is 0 Å². The molecule has 2 nitrogen and oxygen atoms in total. The molecule has 0 aliphatic carbocycles. The largest absolute Gasteiger partial charge is 0.309 e. The predicted molar refractivity (Wildman–Crippen MR) is 76.1 cm³/mol. The number of halogens is 2. The topological polar surface area (TPSA) is 15.3 Å². The lowest BCUT2D eigenvalue weighted by Crippen LogP contribution is -2.37. The predicted octanol–water partition coefficient (Wildman–Crippen LogP) is 3.16. The molecule has 100 valence electrons. The Morgan fingerprint density at radius 2 is 2.11 bits per heavy atom. The Hall–Kier alpha value is -0.450. The van der Waals surface area contributed by atoms with Crippen LogP contribution in [0.15, 0.2) is 22.7 Å². The minimum absolute atomic E-state index is 0.154. The number of hydrogen-bond acceptors (Lipinski definition) is 2. The van der Waals surface area contributed by atoms with Crippen molar-refractivity contribution in [1.29, 1.82) is 0 Å². The van der Waals surface area contributed by atoms with Crippen LogP contribution in [0.4, 0.5) is 4.39 Å². The van der Waals surface area contributed by atoms with E-state index in [0.29, 0.717) is 17.1 Å². The van der Waals surface area contributed by atoms with E-state index in [1.54, 1.807) is 6.07 Å². The molecule has 0 radical (unpaired) electrons. The van der Waals surface area contributed by atoms with Crippen LogP contribution in [-0.4, -0.2) is 30.6 Å². The third-order valence-electron chi connectivity index (χ3n) is 3.40. The van der Waals surface area contributed by atoms with Crippen LogP contribution in [0.5, 0.6) is 0 Å². The number of nitrogens with one attached hydrogen (secondary N) is 1. The van der Waals surface area contributed by atoms with Crippen molar-refractivity contribution in [2.24, 2.45) is 0 Å². The highest BCUT2D eigenvalue weighted by Gasteiger charge is 2.14. The van der Waals surface area contributed by atoms with Crippen molar-refractivity contribution in [1.82, 2.24) is 10.2 Å². The molecule has 1 atom stereocenters. The lowest BCUT2D eigenvalue weighted by Gasteiger charge is -2.21. The zero-order chi connectivity index (χ0) is 13.0. The number of rotatable bonds is 5. The summed E-state index contributed by atoms with van der Waals surface area (Å²) in [5.41, 5.74) is 0.720. The Morgan fingerprint density at radius 1 is 1.39 bits per heavy atom. The maximum absolute atomic E-state index is 13.8. The summed E-state index contributed by atoms with van der Waals surface area (Å²) in [5, 5.41) is 3.39. The highest BCUT2D eigenvalue weighted by molar-refractivity contribution is 9.10. The van der Waals surface area contributed by atoms with Gasteiger partial charge in [0.05, 0.1) is 4.47 Å². The van der Waals surface area contributed by atoms with Crippen LogP contribution < -0.4 is 5.32 Å². The Morgan fingerprint density at radius 3 is 2.83 bits per heavy atom. The maximum atomic E-state index is 13.8. The second kappa shape index (κ2) is 6.64. The highest BCUT2D eigenvalue weighted by atomic mass is 79.9. The first kappa shape index (κ1) is 14.0. The van der Waals surface area contributed by atoms with Gasteiger partial charge in [0, 0.05) is 24.7 Å². The molecule has 0 saturated carbocycles. The van der Waals surface area contributed by atoms with Crippen molar-refractivity contribution in [3.8, 4) is 0 Å². The molecule has 1 aromatic rings. The fraction of sp³-hybridized carbons (Fsp3) is 0.571. The van der Waals surface area contributed by atoms with Gasteiger partial charge in [-0.3, -0.25) is 0 Å². The first-order valence-corrected chi connectivity index (χ1v) is 7.35. The molecule has 1 heterocycles. The summed E-state index contributed by atoms with van der Waals surface area (Å²) in [7, 11) is 0. The second-order valence-corrected chi connectivity index (χ2v) is 5.86. The normalized spacial score (nSPS) is 18.2. The van der Waals surface area contributed by atoms with Gasteiger partial charge in [0.25, 0.3) is 0 Å². The van der Waals surface area contributed by atoms with Crippen LogP contribution in [0, 0.1) is 5.82 Å². The van der Waals surface area contributed by atoms with Crippen LogP contribution in [0.25, 0.3) is 0 Å². The lowest BCUT2D eigenvalue weighted by molar-refractivity contribution is 0.297. The Labute approximate surface area is 117 Å². The van der Waals surface area contributed by atoms with E-state index in [-0.39, 0.29) is 5.82 Å². The molecular formula is C14H20BrFN2. The third-order valence-corrected chi connectivity index (χ3v) is 4.02. The summed E-state index contributed by atoms with van der Waals surface area (Å²) in [6, 6.07) is 5.82. The molecule has 1 fully saturated rings. The van der Waals surface area contributed by atoms with Gasteiger partial charge in [-0.1, -0.05) is 12.1 Å². The van der Waals surface area contributed by atoms with Gasteiger partial charge >= 0.3 is 0 Å². The molecule has 18 heavy (non-hydrogen) atoms. The summed E-state index contributed by atoms with van der Waals surface area (Å²) in [4.78, 5) is 2.47. The average molecular weight is 315 g/mol. The average Bonchev–Trinajstić information content (AvgIpc) is 2.84. The quantitative estimate of drug-likeness (QED) is 0.898. The van der Waals surface area contributed by atoms with Gasteiger partial charge < -0.3 is 10.2 Å². The molecule has 0 bridgehead atoms. The minimum Gasteiger partial charge on any atom is -0.309 e. The Balaban J connectivity index is 1.81. The summed E-state index contributed by atoms with van der Waals surface area (Å²) in [6.07, 6.45) is 2.62. The Kier molecular flexibility index (Phi) is 5.15. The van der Waals surface area contributed by atoms with E-state index in [0.717, 1.165) is 12.1 Å². The summed E-state index contributed by atoms with van der Waals surface area (Å²) in [6.45, 7) is 6.21. The first-order valence-electron chi connectivity index (χ1n) is 6.55. The van der Waals surface area contributed by atoms with E-state index in [1.807, 2.05) is 12.1 Å². The molecule has 1 N–H and O–H groups in total. The molecule has 0 spiro atoms. The molecule has 1 unspecified atom stereocenters. The molecule has 0 aromatic heterocycles. The molecule has 1 saturated heterocycles. The first-order chi connectivity index (χ1) is 8.66. The number of benzene rings is 1. The molecular weight excluding hydrogens is 295 g/mol. The molecule has 4 heteroatoms. The Bertz CT molecular complexity index is 391. The molecule has 0 amide bonds. The van der Waals surface area contributed by atoms with Gasteiger partial charge in [-0.05, 0) is 54.9 Å². The summed E-state index contributed by atoms with van der Waals surface area (Å²) in [5.74, 6) is -0.154. The molecule has 2 rings (SSSR count). The van der Waals surface area contributed by atoms with Crippen molar-refractivity contribution >= 4 is 15.9 Å². The van der Waals surface area contributed by atoms with E-state index in [9.17, 15) is 4.39 Å². The number of nitrogens with zero attached hydrogens (tertiary/aromatic N) is 1. The van der Waals surface area contributed by atoms with Crippen molar-refractivity contribution in [2.75, 3.05) is 19.6 Å². The van der Waals surface area contributed by atoms with E-state index in [1.165, 1.54) is 25.9 Å². The van der Waals surface area contributed by atoms with Crippen molar-refractivity contribution in [3.05, 3.63) is 34.1 Å².